The SMILES string of the molecule is CC(C)(N)c1ccc(-c2ccc3c(n2)Oc2ccccc2[C@@H]3C(C)(C)C(=O)O)cc1. The van der Waals surface area contributed by atoms with Crippen LogP contribution in [0.1, 0.15) is 50.3 Å². The highest BCUT2D eigenvalue weighted by molar-refractivity contribution is 5.77. The van der Waals surface area contributed by atoms with Crippen LogP contribution in [0.2, 0.25) is 0 Å². The molecular weight excluding hydrogens is 376 g/mol. The Labute approximate surface area is 176 Å². The molecule has 1 aliphatic heterocycles. The maximum absolute atomic E-state index is 12.1. The van der Waals surface area contributed by atoms with Gasteiger partial charge in [-0.05, 0) is 45.4 Å². The van der Waals surface area contributed by atoms with Crippen LogP contribution in [0, 0.1) is 5.41 Å². The van der Waals surface area contributed by atoms with Crippen LogP contribution in [0.25, 0.3) is 11.3 Å². The van der Waals surface area contributed by atoms with Crippen molar-refractivity contribution in [2.75, 3.05) is 0 Å². The molecule has 0 fully saturated rings. The molecule has 1 aliphatic rings. The molecule has 1 aromatic heterocycles. The lowest BCUT2D eigenvalue weighted by molar-refractivity contribution is -0.147. The van der Waals surface area contributed by atoms with E-state index in [-0.39, 0.29) is 5.92 Å². The highest BCUT2D eigenvalue weighted by Crippen LogP contribution is 2.51. The first-order valence-electron chi connectivity index (χ1n) is 10.00. The topological polar surface area (TPSA) is 85.4 Å². The summed E-state index contributed by atoms with van der Waals surface area (Å²) in [5, 5.41) is 9.90. The normalized spacial score (nSPS) is 15.7. The fourth-order valence-corrected chi connectivity index (χ4v) is 3.97. The number of ether oxygens (including phenoxy) is 1. The summed E-state index contributed by atoms with van der Waals surface area (Å²) in [6.45, 7) is 7.42. The van der Waals surface area contributed by atoms with E-state index in [2.05, 4.69) is 0 Å². The van der Waals surface area contributed by atoms with E-state index in [1.165, 1.54) is 0 Å². The molecule has 4 rings (SSSR count). The molecule has 0 aliphatic carbocycles. The number of aromatic nitrogens is 1. The van der Waals surface area contributed by atoms with Crippen molar-refractivity contribution in [3.05, 3.63) is 77.4 Å². The van der Waals surface area contributed by atoms with Crippen LogP contribution in [0.4, 0.5) is 0 Å². The van der Waals surface area contributed by atoms with Gasteiger partial charge in [-0.2, -0.15) is 0 Å². The lowest BCUT2D eigenvalue weighted by Gasteiger charge is -2.36. The third kappa shape index (κ3) is 3.35. The number of carbonyl (C=O) groups is 1. The second kappa shape index (κ2) is 6.96. The van der Waals surface area contributed by atoms with Crippen LogP contribution in [0.15, 0.2) is 60.7 Å². The van der Waals surface area contributed by atoms with E-state index in [1.54, 1.807) is 13.8 Å². The Morgan fingerprint density at radius 2 is 1.63 bits per heavy atom. The first kappa shape index (κ1) is 20.1. The summed E-state index contributed by atoms with van der Waals surface area (Å²) in [5.74, 6) is -0.126. The molecule has 154 valence electrons. The van der Waals surface area contributed by atoms with Gasteiger partial charge in [-0.3, -0.25) is 4.79 Å². The molecule has 0 saturated carbocycles. The number of fused-ring (bicyclic) bond motifs is 2. The lowest BCUT2D eigenvalue weighted by atomic mass is 9.70. The number of hydrogen-bond donors (Lipinski definition) is 2. The van der Waals surface area contributed by atoms with E-state index in [9.17, 15) is 9.90 Å². The number of carboxylic acids is 1. The highest BCUT2D eigenvalue weighted by Gasteiger charge is 2.44. The molecule has 5 nitrogen and oxygen atoms in total. The number of nitrogens with two attached hydrogens (primary N) is 1. The van der Waals surface area contributed by atoms with Gasteiger partial charge in [0.1, 0.15) is 5.75 Å². The van der Waals surface area contributed by atoms with Crippen molar-refractivity contribution < 1.29 is 14.6 Å². The predicted octanol–water partition coefficient (Wildman–Crippen LogP) is 5.29. The van der Waals surface area contributed by atoms with Gasteiger partial charge in [0.25, 0.3) is 0 Å². The van der Waals surface area contributed by atoms with E-state index < -0.39 is 16.9 Å². The Bertz CT molecular complexity index is 1110. The Balaban J connectivity index is 1.80. The van der Waals surface area contributed by atoms with Gasteiger partial charge in [0.05, 0.1) is 11.1 Å². The molecule has 5 heteroatoms. The lowest BCUT2D eigenvalue weighted by Crippen LogP contribution is -2.33. The number of rotatable bonds is 4. The fourth-order valence-electron chi connectivity index (χ4n) is 3.97. The quantitative estimate of drug-likeness (QED) is 0.619. The average molecular weight is 402 g/mol. The van der Waals surface area contributed by atoms with E-state index in [0.717, 1.165) is 27.9 Å². The molecule has 0 bridgehead atoms. The van der Waals surface area contributed by atoms with E-state index >= 15 is 0 Å². The van der Waals surface area contributed by atoms with Gasteiger partial charge in [0, 0.05) is 28.1 Å². The van der Waals surface area contributed by atoms with Crippen molar-refractivity contribution in [3.63, 3.8) is 0 Å². The van der Waals surface area contributed by atoms with Crippen molar-refractivity contribution in [1.82, 2.24) is 4.98 Å². The largest absolute Gasteiger partial charge is 0.481 e. The first-order chi connectivity index (χ1) is 14.1. The minimum absolute atomic E-state index is 0.364. The minimum atomic E-state index is -1.02. The summed E-state index contributed by atoms with van der Waals surface area (Å²) in [7, 11) is 0. The number of carboxylic acid groups (broad SMARTS) is 1. The monoisotopic (exact) mass is 402 g/mol. The number of para-hydroxylation sites is 1. The third-order valence-electron chi connectivity index (χ3n) is 5.83. The Kier molecular flexibility index (Phi) is 4.66. The predicted molar refractivity (Wildman–Crippen MR) is 117 cm³/mol. The van der Waals surface area contributed by atoms with Gasteiger partial charge in [-0.1, -0.05) is 48.5 Å². The van der Waals surface area contributed by atoms with Crippen LogP contribution < -0.4 is 10.5 Å². The first-order valence-corrected chi connectivity index (χ1v) is 10.00. The minimum Gasteiger partial charge on any atom is -0.481 e. The summed E-state index contributed by atoms with van der Waals surface area (Å²) in [5.41, 5.74) is 9.14. The van der Waals surface area contributed by atoms with E-state index in [1.807, 2.05) is 74.5 Å². The summed E-state index contributed by atoms with van der Waals surface area (Å²) in [4.78, 5) is 16.8. The Morgan fingerprint density at radius 3 is 2.27 bits per heavy atom. The molecular formula is C25H26N2O3. The van der Waals surface area contributed by atoms with Crippen molar-refractivity contribution in [2.45, 2.75) is 39.2 Å². The standard InChI is InChI=1S/C25H26N2O3/c1-24(2,23(28)29)21-17-7-5-6-8-20(17)30-22-18(21)13-14-19(27-22)15-9-11-16(12-10-15)25(3,4)26/h5-14,21H,26H2,1-4H3,(H,28,29)/t21-/m0/s1. The molecule has 30 heavy (non-hydrogen) atoms. The number of aliphatic carboxylic acids is 1. The zero-order valence-corrected chi connectivity index (χ0v) is 17.6. The van der Waals surface area contributed by atoms with Crippen LogP contribution in [0.3, 0.4) is 0 Å². The van der Waals surface area contributed by atoms with E-state index in [0.29, 0.717) is 11.6 Å². The average Bonchev–Trinajstić information content (AvgIpc) is 2.70. The zero-order chi connectivity index (χ0) is 21.7. The van der Waals surface area contributed by atoms with Crippen LogP contribution in [-0.4, -0.2) is 16.1 Å². The van der Waals surface area contributed by atoms with Crippen LogP contribution in [0.5, 0.6) is 11.6 Å². The van der Waals surface area contributed by atoms with Gasteiger partial charge >= 0.3 is 5.97 Å². The number of hydrogen-bond acceptors (Lipinski definition) is 4. The maximum Gasteiger partial charge on any atom is 0.310 e. The molecule has 0 saturated heterocycles. The Morgan fingerprint density at radius 1 is 0.967 bits per heavy atom. The van der Waals surface area contributed by atoms with E-state index in [4.69, 9.17) is 15.5 Å². The molecule has 0 amide bonds. The summed E-state index contributed by atoms with van der Waals surface area (Å²) < 4.78 is 6.10. The number of nitrogens with zero attached hydrogens (tertiary/aromatic N) is 1. The van der Waals surface area contributed by atoms with Crippen molar-refractivity contribution in [2.24, 2.45) is 11.1 Å². The molecule has 3 aromatic rings. The second-order valence-corrected chi connectivity index (χ2v) is 8.99. The highest BCUT2D eigenvalue weighted by atomic mass is 16.5. The smallest absolute Gasteiger partial charge is 0.310 e. The molecule has 0 spiro atoms. The summed E-state index contributed by atoms with van der Waals surface area (Å²) in [6.07, 6.45) is 0. The van der Waals surface area contributed by atoms with Crippen molar-refractivity contribution >= 4 is 5.97 Å². The summed E-state index contributed by atoms with van der Waals surface area (Å²) >= 11 is 0. The zero-order valence-electron chi connectivity index (χ0n) is 17.6. The van der Waals surface area contributed by atoms with Crippen LogP contribution in [-0.2, 0) is 10.3 Å². The van der Waals surface area contributed by atoms with Crippen molar-refractivity contribution in [3.8, 4) is 22.9 Å². The van der Waals surface area contributed by atoms with Crippen molar-refractivity contribution in [1.29, 1.82) is 0 Å². The van der Waals surface area contributed by atoms with Crippen LogP contribution >= 0.6 is 0 Å². The van der Waals surface area contributed by atoms with Gasteiger partial charge in [0.2, 0.25) is 5.88 Å². The van der Waals surface area contributed by atoms with Gasteiger partial charge < -0.3 is 15.6 Å². The number of pyridine rings is 1. The molecule has 0 radical (unpaired) electrons. The van der Waals surface area contributed by atoms with Gasteiger partial charge in [0.15, 0.2) is 0 Å². The van der Waals surface area contributed by atoms with Gasteiger partial charge in [-0.15, -0.1) is 0 Å². The maximum atomic E-state index is 12.1. The fraction of sp³-hybridized carbons (Fsp3) is 0.280. The summed E-state index contributed by atoms with van der Waals surface area (Å²) in [6, 6.07) is 19.4. The molecule has 2 aromatic carbocycles. The molecule has 3 N–H and O–H groups in total. The molecule has 1 atom stereocenters. The molecule has 2 heterocycles. The van der Waals surface area contributed by atoms with Gasteiger partial charge in [-0.25, -0.2) is 4.98 Å². The third-order valence-corrected chi connectivity index (χ3v) is 5.83. The molecule has 0 unspecified atom stereocenters. The second-order valence-electron chi connectivity index (χ2n) is 8.99. The Hall–Kier alpha value is -3.18. The number of benzene rings is 2.